The number of carbonyl (C=O) groups is 1. The average molecular weight is 312 g/mol. The van der Waals surface area contributed by atoms with Crippen LogP contribution in [0.2, 0.25) is 0 Å². The van der Waals surface area contributed by atoms with E-state index >= 15 is 0 Å². The van der Waals surface area contributed by atoms with Gasteiger partial charge in [-0.05, 0) is 37.1 Å². The Bertz CT molecular complexity index is 410. The summed E-state index contributed by atoms with van der Waals surface area (Å²) < 4.78 is 0. The third-order valence-corrected chi connectivity index (χ3v) is 4.65. The molecule has 0 spiro atoms. The van der Waals surface area contributed by atoms with Crippen molar-refractivity contribution in [3.8, 4) is 5.75 Å². The van der Waals surface area contributed by atoms with Gasteiger partial charge in [0.1, 0.15) is 5.75 Å². The van der Waals surface area contributed by atoms with Crippen LogP contribution >= 0.6 is 15.9 Å². The minimum absolute atomic E-state index is 0.0589. The highest BCUT2D eigenvalue weighted by atomic mass is 79.9. The summed E-state index contributed by atoms with van der Waals surface area (Å²) in [4.78, 5) is 12.2. The molecule has 1 fully saturated rings. The van der Waals surface area contributed by atoms with Crippen molar-refractivity contribution in [3.05, 3.63) is 29.8 Å². The number of carbonyl (C=O) groups excluding carboxylic acids is 1. The Kier molecular flexibility index (Phi) is 4.27. The Balaban J connectivity index is 2.07. The largest absolute Gasteiger partial charge is 0.508 e. The Morgan fingerprint density at radius 1 is 1.22 bits per heavy atom. The maximum Gasteiger partial charge on any atom is 0.251 e. The lowest BCUT2D eigenvalue weighted by Gasteiger charge is -2.36. The number of halogens is 1. The number of nitrogens with one attached hydrogen (secondary N) is 1. The number of rotatable bonds is 3. The summed E-state index contributed by atoms with van der Waals surface area (Å²) in [5, 5.41) is 13.2. The monoisotopic (exact) mass is 311 g/mol. The van der Waals surface area contributed by atoms with Crippen LogP contribution in [0.4, 0.5) is 0 Å². The quantitative estimate of drug-likeness (QED) is 0.842. The molecule has 2 N–H and O–H groups in total. The van der Waals surface area contributed by atoms with Crippen LogP contribution in [0.3, 0.4) is 0 Å². The fourth-order valence-corrected chi connectivity index (χ4v) is 3.15. The zero-order chi connectivity index (χ0) is 13.0. The van der Waals surface area contributed by atoms with E-state index in [1.54, 1.807) is 12.1 Å². The Hall–Kier alpha value is -1.03. The lowest BCUT2D eigenvalue weighted by atomic mass is 9.83. The number of benzene rings is 1. The van der Waals surface area contributed by atoms with Crippen molar-refractivity contribution in [1.82, 2.24) is 5.32 Å². The van der Waals surface area contributed by atoms with Crippen molar-refractivity contribution in [2.24, 2.45) is 0 Å². The van der Waals surface area contributed by atoms with E-state index in [0.717, 1.165) is 18.2 Å². The number of phenolic OH excluding ortho intramolecular Hbond substituents is 1. The van der Waals surface area contributed by atoms with Gasteiger partial charge in [-0.25, -0.2) is 0 Å². The molecule has 2 rings (SSSR count). The molecule has 1 aromatic carbocycles. The van der Waals surface area contributed by atoms with Crippen LogP contribution < -0.4 is 5.32 Å². The summed E-state index contributed by atoms with van der Waals surface area (Å²) >= 11 is 3.53. The lowest BCUT2D eigenvalue weighted by molar-refractivity contribution is 0.0886. The molecule has 0 radical (unpaired) electrons. The summed E-state index contributed by atoms with van der Waals surface area (Å²) in [5.41, 5.74) is 0.492. The van der Waals surface area contributed by atoms with E-state index < -0.39 is 0 Å². The summed E-state index contributed by atoms with van der Waals surface area (Å²) in [7, 11) is 0. The standard InChI is InChI=1S/C14H18BrNO2/c15-10-14(8-2-1-3-9-14)16-13(18)11-4-6-12(17)7-5-11/h4-7,17H,1-3,8-10H2,(H,16,18). The highest BCUT2D eigenvalue weighted by molar-refractivity contribution is 9.09. The molecule has 1 aromatic rings. The molecule has 4 heteroatoms. The molecule has 0 bridgehead atoms. The summed E-state index contributed by atoms with van der Waals surface area (Å²) in [5.74, 6) is 0.121. The predicted octanol–water partition coefficient (Wildman–Crippen LogP) is 3.22. The first-order valence-corrected chi connectivity index (χ1v) is 7.45. The topological polar surface area (TPSA) is 49.3 Å². The van der Waals surface area contributed by atoms with Crippen molar-refractivity contribution >= 4 is 21.8 Å². The second kappa shape index (κ2) is 5.74. The van der Waals surface area contributed by atoms with Crippen LogP contribution in [0, 0.1) is 0 Å². The highest BCUT2D eigenvalue weighted by Crippen LogP contribution is 2.30. The number of hydrogen-bond acceptors (Lipinski definition) is 2. The lowest BCUT2D eigenvalue weighted by Crippen LogP contribution is -2.51. The first-order chi connectivity index (χ1) is 8.65. The summed E-state index contributed by atoms with van der Waals surface area (Å²) in [6.45, 7) is 0. The molecule has 0 atom stereocenters. The third-order valence-electron chi connectivity index (χ3n) is 3.57. The van der Waals surface area contributed by atoms with Crippen molar-refractivity contribution in [2.75, 3.05) is 5.33 Å². The SMILES string of the molecule is O=C(NC1(CBr)CCCCC1)c1ccc(O)cc1. The third kappa shape index (κ3) is 3.05. The second-order valence-corrected chi connectivity index (χ2v) is 5.54. The van der Waals surface area contributed by atoms with Gasteiger partial charge in [-0.2, -0.15) is 0 Å². The molecule has 98 valence electrons. The molecule has 18 heavy (non-hydrogen) atoms. The number of aromatic hydroxyl groups is 1. The van der Waals surface area contributed by atoms with Gasteiger partial charge >= 0.3 is 0 Å². The normalized spacial score (nSPS) is 18.3. The van der Waals surface area contributed by atoms with Gasteiger partial charge in [-0.1, -0.05) is 35.2 Å². The van der Waals surface area contributed by atoms with E-state index in [1.165, 1.54) is 31.4 Å². The van der Waals surface area contributed by atoms with Crippen molar-refractivity contribution in [1.29, 1.82) is 0 Å². The molecule has 1 aliphatic rings. The smallest absolute Gasteiger partial charge is 0.251 e. The van der Waals surface area contributed by atoms with Gasteiger partial charge in [0.15, 0.2) is 0 Å². The Morgan fingerprint density at radius 2 is 1.83 bits per heavy atom. The van der Waals surface area contributed by atoms with Crippen LogP contribution in [0.25, 0.3) is 0 Å². The molecule has 1 aliphatic carbocycles. The van der Waals surface area contributed by atoms with E-state index in [2.05, 4.69) is 21.2 Å². The van der Waals surface area contributed by atoms with Gasteiger partial charge in [0.05, 0.1) is 5.54 Å². The maximum absolute atomic E-state index is 12.2. The second-order valence-electron chi connectivity index (χ2n) is 4.98. The first-order valence-electron chi connectivity index (χ1n) is 6.33. The van der Waals surface area contributed by atoms with Crippen molar-refractivity contribution in [2.45, 2.75) is 37.6 Å². The van der Waals surface area contributed by atoms with Crippen LogP contribution in [0.1, 0.15) is 42.5 Å². The summed E-state index contributed by atoms with van der Waals surface area (Å²) in [6, 6.07) is 6.37. The molecule has 0 heterocycles. The van der Waals surface area contributed by atoms with Gasteiger partial charge in [0.25, 0.3) is 5.91 Å². The molecular weight excluding hydrogens is 294 g/mol. The van der Waals surface area contributed by atoms with Gasteiger partial charge in [0, 0.05) is 10.9 Å². The minimum Gasteiger partial charge on any atom is -0.508 e. The number of phenols is 1. The summed E-state index contributed by atoms with van der Waals surface area (Å²) in [6.07, 6.45) is 5.65. The minimum atomic E-state index is -0.104. The molecule has 1 amide bonds. The molecular formula is C14H18BrNO2. The molecule has 1 saturated carbocycles. The van der Waals surface area contributed by atoms with E-state index in [0.29, 0.717) is 5.56 Å². The van der Waals surface area contributed by atoms with Crippen LogP contribution in [-0.4, -0.2) is 21.9 Å². The molecule has 0 aliphatic heterocycles. The van der Waals surface area contributed by atoms with Gasteiger partial charge in [0.2, 0.25) is 0 Å². The van der Waals surface area contributed by atoms with E-state index in [-0.39, 0.29) is 17.2 Å². The molecule has 0 unspecified atom stereocenters. The first kappa shape index (κ1) is 13.4. The number of alkyl halides is 1. The fraction of sp³-hybridized carbons (Fsp3) is 0.500. The van der Waals surface area contributed by atoms with Crippen LogP contribution in [-0.2, 0) is 0 Å². The van der Waals surface area contributed by atoms with Gasteiger partial charge in [-0.15, -0.1) is 0 Å². The van der Waals surface area contributed by atoms with Gasteiger partial charge < -0.3 is 10.4 Å². The van der Waals surface area contributed by atoms with E-state index in [4.69, 9.17) is 0 Å². The molecule has 3 nitrogen and oxygen atoms in total. The van der Waals surface area contributed by atoms with Crippen LogP contribution in [0.15, 0.2) is 24.3 Å². The van der Waals surface area contributed by atoms with Crippen molar-refractivity contribution in [3.63, 3.8) is 0 Å². The predicted molar refractivity (Wildman–Crippen MR) is 75.2 cm³/mol. The number of amides is 1. The molecule has 0 saturated heterocycles. The zero-order valence-corrected chi connectivity index (χ0v) is 11.9. The van der Waals surface area contributed by atoms with Crippen LogP contribution in [0.5, 0.6) is 5.75 Å². The van der Waals surface area contributed by atoms with E-state index in [9.17, 15) is 9.90 Å². The zero-order valence-electron chi connectivity index (χ0n) is 10.3. The fourth-order valence-electron chi connectivity index (χ4n) is 2.45. The average Bonchev–Trinajstić information content (AvgIpc) is 2.40. The Labute approximate surface area is 116 Å². The van der Waals surface area contributed by atoms with E-state index in [1.807, 2.05) is 0 Å². The maximum atomic E-state index is 12.2. The number of hydrogen-bond donors (Lipinski definition) is 2. The van der Waals surface area contributed by atoms with Gasteiger partial charge in [-0.3, -0.25) is 4.79 Å². The Morgan fingerprint density at radius 3 is 2.39 bits per heavy atom. The van der Waals surface area contributed by atoms with Crippen molar-refractivity contribution < 1.29 is 9.90 Å². The highest BCUT2D eigenvalue weighted by Gasteiger charge is 2.32. The molecule has 0 aromatic heterocycles.